The molecule has 1 aromatic carbocycles. The van der Waals surface area contributed by atoms with Gasteiger partial charge in [0.25, 0.3) is 0 Å². The van der Waals surface area contributed by atoms with Crippen molar-refractivity contribution < 1.29 is 26.4 Å². The fourth-order valence-corrected chi connectivity index (χ4v) is 7.64. The average Bonchev–Trinajstić information content (AvgIpc) is 3.14. The Kier molecular flexibility index (Phi) is 7.74. The number of ether oxygens (including phenoxy) is 1. The van der Waals surface area contributed by atoms with E-state index in [1.54, 1.807) is 0 Å². The average molecular weight is 500 g/mol. The molecule has 3 heterocycles. The fraction of sp³-hybridized carbons (Fsp3) is 0.682. The lowest BCUT2D eigenvalue weighted by Gasteiger charge is -2.33. The van der Waals surface area contributed by atoms with Crippen LogP contribution in [0.25, 0.3) is 0 Å². The van der Waals surface area contributed by atoms with Crippen LogP contribution in [0.1, 0.15) is 38.5 Å². The molecule has 0 unspecified atom stereocenters. The van der Waals surface area contributed by atoms with Crippen molar-refractivity contribution in [2.45, 2.75) is 48.3 Å². The zero-order chi connectivity index (χ0) is 23.5. The molecule has 1 aromatic rings. The Bertz CT molecular complexity index is 1020. The number of benzene rings is 1. The first-order chi connectivity index (χ1) is 15.8. The van der Waals surface area contributed by atoms with Crippen LogP contribution in [0.3, 0.4) is 0 Å². The highest BCUT2D eigenvalue weighted by atomic mass is 32.2. The van der Waals surface area contributed by atoms with Gasteiger partial charge in [-0.2, -0.15) is 8.61 Å². The van der Waals surface area contributed by atoms with Crippen LogP contribution in [0.5, 0.6) is 0 Å². The molecule has 0 bridgehead atoms. The van der Waals surface area contributed by atoms with E-state index >= 15 is 0 Å². The third kappa shape index (κ3) is 5.43. The Balaban J connectivity index is 1.39. The minimum absolute atomic E-state index is 0.0701. The molecule has 0 aromatic heterocycles. The van der Waals surface area contributed by atoms with Gasteiger partial charge in [-0.05, 0) is 49.9 Å². The van der Waals surface area contributed by atoms with Gasteiger partial charge in [-0.1, -0.05) is 12.8 Å². The van der Waals surface area contributed by atoms with Crippen molar-refractivity contribution in [1.29, 1.82) is 0 Å². The van der Waals surface area contributed by atoms with Gasteiger partial charge in [0.1, 0.15) is 0 Å². The van der Waals surface area contributed by atoms with Crippen LogP contribution in [0.2, 0.25) is 0 Å². The summed E-state index contributed by atoms with van der Waals surface area (Å²) in [5, 5.41) is 0. The Morgan fingerprint density at radius 1 is 0.697 bits per heavy atom. The topological polar surface area (TPSA) is 104 Å². The molecule has 0 spiro atoms. The van der Waals surface area contributed by atoms with E-state index in [1.165, 1.54) is 32.9 Å². The van der Waals surface area contributed by atoms with Gasteiger partial charge >= 0.3 is 0 Å². The molecule has 0 aliphatic carbocycles. The Hall–Kier alpha value is -1.53. The number of likely N-dealkylation sites (tertiary alicyclic amines) is 1. The van der Waals surface area contributed by atoms with E-state index < -0.39 is 20.0 Å². The fourth-order valence-electron chi connectivity index (χ4n) is 4.76. The lowest BCUT2D eigenvalue weighted by atomic mass is 9.96. The van der Waals surface area contributed by atoms with Gasteiger partial charge in [0, 0.05) is 45.2 Å². The minimum atomic E-state index is -3.75. The van der Waals surface area contributed by atoms with Crippen LogP contribution < -0.4 is 0 Å². The van der Waals surface area contributed by atoms with E-state index in [-0.39, 0.29) is 34.7 Å². The zero-order valence-corrected chi connectivity index (χ0v) is 20.5. The lowest BCUT2D eigenvalue weighted by Crippen LogP contribution is -2.44. The predicted molar refractivity (Wildman–Crippen MR) is 123 cm³/mol. The Labute approximate surface area is 196 Å². The number of nitrogens with zero attached hydrogens (tertiary/aromatic N) is 3. The van der Waals surface area contributed by atoms with E-state index in [0.717, 1.165) is 38.8 Å². The maximum Gasteiger partial charge on any atom is 0.243 e. The van der Waals surface area contributed by atoms with E-state index in [1.807, 2.05) is 4.90 Å². The molecule has 1 amide bonds. The number of piperidine rings is 1. The normalized spacial score (nSPS) is 22.7. The van der Waals surface area contributed by atoms with Gasteiger partial charge in [0.2, 0.25) is 26.0 Å². The number of carbonyl (C=O) groups is 1. The van der Waals surface area contributed by atoms with Crippen LogP contribution in [0.4, 0.5) is 0 Å². The molecule has 0 atom stereocenters. The molecule has 4 rings (SSSR count). The van der Waals surface area contributed by atoms with Crippen LogP contribution in [0, 0.1) is 5.92 Å². The summed E-state index contributed by atoms with van der Waals surface area (Å²) in [5.74, 6) is 0.0298. The van der Waals surface area contributed by atoms with E-state index in [2.05, 4.69) is 0 Å². The quantitative estimate of drug-likeness (QED) is 0.608. The van der Waals surface area contributed by atoms with E-state index in [0.29, 0.717) is 39.1 Å². The van der Waals surface area contributed by atoms with Crippen LogP contribution in [0.15, 0.2) is 34.1 Å². The Morgan fingerprint density at radius 3 is 1.64 bits per heavy atom. The zero-order valence-electron chi connectivity index (χ0n) is 18.9. The monoisotopic (exact) mass is 499 g/mol. The molecule has 11 heteroatoms. The molecule has 3 saturated heterocycles. The molecule has 0 radical (unpaired) electrons. The summed E-state index contributed by atoms with van der Waals surface area (Å²) in [6, 6.07) is 5.43. The molecule has 9 nitrogen and oxygen atoms in total. The SMILES string of the molecule is O=C(C1CCN(S(=O)(=O)c2ccc(S(=O)(=O)N3CCOCC3)cc2)CC1)N1CCCCCC1. The minimum Gasteiger partial charge on any atom is -0.379 e. The van der Waals surface area contributed by atoms with Crippen molar-refractivity contribution in [2.24, 2.45) is 5.92 Å². The summed E-state index contributed by atoms with van der Waals surface area (Å²) in [4.78, 5) is 15.0. The van der Waals surface area contributed by atoms with Crippen molar-refractivity contribution in [3.05, 3.63) is 24.3 Å². The predicted octanol–water partition coefficient (Wildman–Crippen LogP) is 1.51. The molecule has 0 N–H and O–H groups in total. The smallest absolute Gasteiger partial charge is 0.243 e. The van der Waals surface area contributed by atoms with Crippen LogP contribution in [-0.2, 0) is 29.6 Å². The summed E-state index contributed by atoms with van der Waals surface area (Å²) in [6.07, 6.45) is 5.42. The van der Waals surface area contributed by atoms with Gasteiger partial charge in [-0.15, -0.1) is 0 Å². The number of amides is 1. The number of hydrogen-bond donors (Lipinski definition) is 0. The maximum atomic E-state index is 13.1. The van der Waals surface area contributed by atoms with Gasteiger partial charge in [0.05, 0.1) is 23.0 Å². The highest BCUT2D eigenvalue weighted by Crippen LogP contribution is 2.27. The summed E-state index contributed by atoms with van der Waals surface area (Å²) < 4.78 is 59.8. The molecular formula is C22H33N3O6S2. The second-order valence-corrected chi connectivity index (χ2v) is 12.8. The second-order valence-electron chi connectivity index (χ2n) is 8.91. The maximum absolute atomic E-state index is 13.1. The summed E-state index contributed by atoms with van der Waals surface area (Å²) in [7, 11) is -7.43. The summed E-state index contributed by atoms with van der Waals surface area (Å²) in [6.45, 7) is 3.46. The third-order valence-electron chi connectivity index (χ3n) is 6.79. The molecule has 3 fully saturated rings. The molecule has 3 aliphatic heterocycles. The third-order valence-corrected chi connectivity index (χ3v) is 10.6. The molecule has 3 aliphatic rings. The number of rotatable bonds is 5. The number of sulfonamides is 2. The molecular weight excluding hydrogens is 466 g/mol. The van der Waals surface area contributed by atoms with E-state index in [9.17, 15) is 21.6 Å². The summed E-state index contributed by atoms with van der Waals surface area (Å²) >= 11 is 0. The highest BCUT2D eigenvalue weighted by molar-refractivity contribution is 7.89. The first-order valence-electron chi connectivity index (χ1n) is 11.8. The van der Waals surface area contributed by atoms with Gasteiger partial charge in [0.15, 0.2) is 0 Å². The van der Waals surface area contributed by atoms with Gasteiger partial charge in [-0.25, -0.2) is 16.8 Å². The lowest BCUT2D eigenvalue weighted by molar-refractivity contribution is -0.136. The molecule has 184 valence electrons. The summed E-state index contributed by atoms with van der Waals surface area (Å²) in [5.41, 5.74) is 0. The van der Waals surface area contributed by atoms with Crippen molar-refractivity contribution in [3.8, 4) is 0 Å². The van der Waals surface area contributed by atoms with Gasteiger partial charge < -0.3 is 9.64 Å². The molecule has 33 heavy (non-hydrogen) atoms. The van der Waals surface area contributed by atoms with Gasteiger partial charge in [-0.3, -0.25) is 4.79 Å². The standard InChI is InChI=1S/C22H33N3O6S2/c26-22(23-11-3-1-2-4-12-23)19-9-13-24(14-10-19)32(27,28)20-5-7-21(8-6-20)33(29,30)25-15-17-31-18-16-25/h5-8,19H,1-4,9-18H2. The first kappa shape index (κ1) is 24.6. The number of hydrogen-bond acceptors (Lipinski definition) is 6. The van der Waals surface area contributed by atoms with Crippen molar-refractivity contribution in [2.75, 3.05) is 52.5 Å². The Morgan fingerprint density at radius 2 is 1.15 bits per heavy atom. The molecule has 0 saturated carbocycles. The first-order valence-corrected chi connectivity index (χ1v) is 14.6. The van der Waals surface area contributed by atoms with Crippen LogP contribution in [-0.4, -0.2) is 88.7 Å². The van der Waals surface area contributed by atoms with Crippen molar-refractivity contribution in [3.63, 3.8) is 0 Å². The van der Waals surface area contributed by atoms with E-state index in [4.69, 9.17) is 4.74 Å². The van der Waals surface area contributed by atoms with Crippen molar-refractivity contribution >= 4 is 26.0 Å². The number of carbonyl (C=O) groups excluding carboxylic acids is 1. The number of morpholine rings is 1. The van der Waals surface area contributed by atoms with Crippen LogP contribution >= 0.6 is 0 Å². The second kappa shape index (κ2) is 10.4. The van der Waals surface area contributed by atoms with Crippen molar-refractivity contribution in [1.82, 2.24) is 13.5 Å². The highest BCUT2D eigenvalue weighted by Gasteiger charge is 2.34. The largest absolute Gasteiger partial charge is 0.379 e.